The van der Waals surface area contributed by atoms with Gasteiger partial charge >= 0.3 is 17.9 Å². The number of hydrogen-bond acceptors (Lipinski definition) is 6. The van der Waals surface area contributed by atoms with Crippen molar-refractivity contribution in [2.75, 3.05) is 19.8 Å². The number of unbranched alkanes of at least 4 members (excludes halogenated alkanes) is 1. The van der Waals surface area contributed by atoms with Crippen LogP contribution in [0.4, 0.5) is 0 Å². The van der Waals surface area contributed by atoms with Gasteiger partial charge in [-0.1, -0.05) is 33.1 Å². The molecule has 7 nitrogen and oxygen atoms in total. The molecule has 7 heteroatoms. The molecule has 0 aliphatic heterocycles. The minimum absolute atomic E-state index is 0.0473. The van der Waals surface area contributed by atoms with Crippen molar-refractivity contribution in [3.8, 4) is 0 Å². The molecule has 0 atom stereocenters. The monoisotopic (exact) mass is 344 g/mol. The number of aliphatic carboxylic acids is 1. The number of carbonyl (C=O) groups is 3. The molecule has 0 fully saturated rings. The second kappa shape index (κ2) is 18.6. The topological polar surface area (TPSA) is 110 Å². The van der Waals surface area contributed by atoms with E-state index in [9.17, 15) is 14.4 Å². The average molecular weight is 344 g/mol. The predicted molar refractivity (Wildman–Crippen MR) is 91.4 cm³/mol. The average Bonchev–Trinajstić information content (AvgIpc) is 2.53. The summed E-state index contributed by atoms with van der Waals surface area (Å²) in [7, 11) is 0. The van der Waals surface area contributed by atoms with Gasteiger partial charge in [0.15, 0.2) is 0 Å². The van der Waals surface area contributed by atoms with Gasteiger partial charge in [0.2, 0.25) is 0 Å². The highest BCUT2D eigenvalue weighted by atomic mass is 16.5. The summed E-state index contributed by atoms with van der Waals surface area (Å²) >= 11 is 0. The van der Waals surface area contributed by atoms with Crippen molar-refractivity contribution in [3.05, 3.63) is 37.0 Å². The van der Waals surface area contributed by atoms with Crippen LogP contribution in [-0.4, -0.2) is 47.9 Å². The van der Waals surface area contributed by atoms with Crippen LogP contribution in [0.25, 0.3) is 0 Å². The van der Waals surface area contributed by atoms with Crippen molar-refractivity contribution in [3.63, 3.8) is 0 Å². The minimum atomic E-state index is -0.935. The van der Waals surface area contributed by atoms with Crippen molar-refractivity contribution >= 4 is 17.9 Å². The fourth-order valence-corrected chi connectivity index (χ4v) is 0.638. The Kier molecular flexibility index (Phi) is 20.6. The third-order valence-electron chi connectivity index (χ3n) is 1.95. The fraction of sp³-hybridized carbons (Fsp3) is 0.471. The number of aliphatic hydroxyl groups excluding tert-OH is 1. The number of carboxylic acids is 1. The highest BCUT2D eigenvalue weighted by Gasteiger charge is 1.99. The van der Waals surface area contributed by atoms with E-state index in [1.807, 2.05) is 6.92 Å². The summed E-state index contributed by atoms with van der Waals surface area (Å²) < 4.78 is 9.14. The van der Waals surface area contributed by atoms with Gasteiger partial charge in [-0.15, -0.1) is 0 Å². The number of aliphatic hydroxyl groups is 1. The lowest BCUT2D eigenvalue weighted by Gasteiger charge is -1.99. The molecule has 0 aliphatic rings. The molecule has 138 valence electrons. The van der Waals surface area contributed by atoms with Crippen LogP contribution in [-0.2, 0) is 23.9 Å². The van der Waals surface area contributed by atoms with Crippen LogP contribution in [0, 0.1) is 0 Å². The van der Waals surface area contributed by atoms with Gasteiger partial charge in [0.05, 0.1) is 13.2 Å². The lowest BCUT2D eigenvalue weighted by atomic mass is 10.4. The fourth-order valence-electron chi connectivity index (χ4n) is 0.638. The van der Waals surface area contributed by atoms with E-state index in [1.165, 1.54) is 13.0 Å². The summed E-state index contributed by atoms with van der Waals surface area (Å²) in [6.45, 7) is 15.2. The Labute approximate surface area is 143 Å². The summed E-state index contributed by atoms with van der Waals surface area (Å²) in [6, 6.07) is 0. The van der Waals surface area contributed by atoms with E-state index in [1.54, 1.807) is 6.92 Å². The van der Waals surface area contributed by atoms with Crippen molar-refractivity contribution in [2.24, 2.45) is 0 Å². The minimum Gasteiger partial charge on any atom is -0.478 e. The molecule has 0 saturated carbocycles. The largest absolute Gasteiger partial charge is 0.478 e. The SMILES string of the molecule is C=C(C)C(=O)O.C=C(C)C(=O)OCCO.C=CC(=O)OCCCC. The Morgan fingerprint density at radius 3 is 1.83 bits per heavy atom. The molecule has 0 rings (SSSR count). The van der Waals surface area contributed by atoms with Gasteiger partial charge in [-0.05, 0) is 20.3 Å². The zero-order chi connectivity index (χ0) is 19.5. The Morgan fingerprint density at radius 2 is 1.54 bits per heavy atom. The number of esters is 2. The summed E-state index contributed by atoms with van der Waals surface area (Å²) in [5.41, 5.74) is 0.526. The number of rotatable bonds is 8. The molecule has 0 spiro atoms. The number of carboxylic acid groups (broad SMARTS) is 1. The third kappa shape index (κ3) is 24.6. The Bertz CT molecular complexity index is 411. The third-order valence-corrected chi connectivity index (χ3v) is 1.95. The molecule has 0 bridgehead atoms. The number of hydrogen-bond donors (Lipinski definition) is 2. The van der Waals surface area contributed by atoms with E-state index >= 15 is 0 Å². The van der Waals surface area contributed by atoms with Crippen LogP contribution in [0.3, 0.4) is 0 Å². The highest BCUT2D eigenvalue weighted by molar-refractivity contribution is 5.86. The molecular weight excluding hydrogens is 316 g/mol. The van der Waals surface area contributed by atoms with Gasteiger partial charge in [0, 0.05) is 17.2 Å². The second-order valence-electron chi connectivity index (χ2n) is 4.45. The number of carbonyl (C=O) groups excluding carboxylic acids is 2. The standard InChI is InChI=1S/C7H12O2.C6H10O3.C4H6O2/c1-3-5-6-9-7(8)4-2;1-5(2)6(8)9-4-3-7;1-3(2)4(5)6/h4H,2-3,5-6H2,1H3;7H,1,3-4H2,2H3;1H2,2H3,(H,5,6). The van der Waals surface area contributed by atoms with Crippen LogP contribution in [0.2, 0.25) is 0 Å². The molecule has 0 amide bonds. The maximum Gasteiger partial charge on any atom is 0.333 e. The lowest BCUT2D eigenvalue weighted by molar-refractivity contribution is -0.140. The highest BCUT2D eigenvalue weighted by Crippen LogP contribution is 1.90. The molecule has 0 aliphatic carbocycles. The molecule has 0 aromatic carbocycles. The lowest BCUT2D eigenvalue weighted by Crippen LogP contribution is -2.08. The summed E-state index contributed by atoms with van der Waals surface area (Å²) in [4.78, 5) is 30.4. The van der Waals surface area contributed by atoms with E-state index in [4.69, 9.17) is 10.2 Å². The van der Waals surface area contributed by atoms with Gasteiger partial charge in [-0.2, -0.15) is 0 Å². The van der Waals surface area contributed by atoms with Crippen LogP contribution in [0.15, 0.2) is 37.0 Å². The molecule has 0 aromatic rings. The van der Waals surface area contributed by atoms with E-state index in [-0.39, 0.29) is 24.8 Å². The van der Waals surface area contributed by atoms with E-state index in [2.05, 4.69) is 29.2 Å². The van der Waals surface area contributed by atoms with Crippen molar-refractivity contribution in [2.45, 2.75) is 33.6 Å². The molecular formula is C17H28O7. The molecule has 2 N–H and O–H groups in total. The molecule has 0 saturated heterocycles. The predicted octanol–water partition coefficient (Wildman–Crippen LogP) is 2.26. The van der Waals surface area contributed by atoms with Gasteiger partial charge in [0.1, 0.15) is 6.61 Å². The van der Waals surface area contributed by atoms with Crippen LogP contribution < -0.4 is 0 Å². The first-order valence-corrected chi connectivity index (χ1v) is 7.25. The van der Waals surface area contributed by atoms with Crippen molar-refractivity contribution in [1.29, 1.82) is 0 Å². The van der Waals surface area contributed by atoms with Crippen LogP contribution >= 0.6 is 0 Å². The van der Waals surface area contributed by atoms with Gasteiger partial charge < -0.3 is 19.7 Å². The van der Waals surface area contributed by atoms with Gasteiger partial charge in [0.25, 0.3) is 0 Å². The first kappa shape index (κ1) is 26.5. The van der Waals surface area contributed by atoms with E-state index in [0.717, 1.165) is 12.8 Å². The summed E-state index contributed by atoms with van der Waals surface area (Å²) in [6.07, 6.45) is 3.15. The van der Waals surface area contributed by atoms with E-state index in [0.29, 0.717) is 12.2 Å². The molecule has 0 aromatic heterocycles. The van der Waals surface area contributed by atoms with Crippen molar-refractivity contribution in [1.82, 2.24) is 0 Å². The van der Waals surface area contributed by atoms with Crippen LogP contribution in [0.1, 0.15) is 33.6 Å². The quantitative estimate of drug-likeness (QED) is 0.395. The Hall–Kier alpha value is -2.41. The summed E-state index contributed by atoms with van der Waals surface area (Å²) in [5, 5.41) is 16.1. The Balaban J connectivity index is -0.000000282. The number of ether oxygens (including phenoxy) is 2. The Morgan fingerprint density at radius 1 is 1.04 bits per heavy atom. The first-order chi connectivity index (χ1) is 11.1. The van der Waals surface area contributed by atoms with Crippen LogP contribution in [0.5, 0.6) is 0 Å². The second-order valence-corrected chi connectivity index (χ2v) is 4.45. The molecule has 24 heavy (non-hydrogen) atoms. The first-order valence-electron chi connectivity index (χ1n) is 7.25. The zero-order valence-electron chi connectivity index (χ0n) is 14.7. The zero-order valence-corrected chi connectivity index (χ0v) is 14.7. The van der Waals surface area contributed by atoms with Gasteiger partial charge in [-0.25, -0.2) is 14.4 Å². The maximum absolute atomic E-state index is 10.5. The maximum atomic E-state index is 10.5. The summed E-state index contributed by atoms with van der Waals surface area (Å²) in [5.74, 6) is -1.72. The smallest absolute Gasteiger partial charge is 0.333 e. The molecule has 0 radical (unpaired) electrons. The molecule has 0 unspecified atom stereocenters. The van der Waals surface area contributed by atoms with Crippen molar-refractivity contribution < 1.29 is 34.1 Å². The van der Waals surface area contributed by atoms with E-state index < -0.39 is 11.9 Å². The normalized spacial score (nSPS) is 8.33. The van der Waals surface area contributed by atoms with Gasteiger partial charge in [-0.3, -0.25) is 0 Å². The molecule has 0 heterocycles.